The number of ether oxygens (including phenoxy) is 2. The largest absolute Gasteiger partial charge is 0.488 e. The lowest BCUT2D eigenvalue weighted by Crippen LogP contribution is -2.42. The van der Waals surface area contributed by atoms with Gasteiger partial charge in [0.2, 0.25) is 0 Å². The Bertz CT molecular complexity index is 510. The summed E-state index contributed by atoms with van der Waals surface area (Å²) in [6.07, 6.45) is -0.0552. The first-order valence-corrected chi connectivity index (χ1v) is 6.51. The van der Waals surface area contributed by atoms with Crippen LogP contribution in [0.15, 0.2) is 18.2 Å². The maximum Gasteiger partial charge on any atom is 0.165 e. The van der Waals surface area contributed by atoms with E-state index >= 15 is 0 Å². The van der Waals surface area contributed by atoms with E-state index < -0.39 is 5.82 Å². The second kappa shape index (κ2) is 7.25. The van der Waals surface area contributed by atoms with Crippen LogP contribution in [0, 0.1) is 17.7 Å². The van der Waals surface area contributed by atoms with E-state index in [0.29, 0.717) is 18.8 Å². The van der Waals surface area contributed by atoms with Crippen LogP contribution in [0.25, 0.3) is 0 Å². The Morgan fingerprint density at radius 3 is 3.15 bits per heavy atom. The van der Waals surface area contributed by atoms with Crippen LogP contribution >= 0.6 is 0 Å². The first-order valence-electron chi connectivity index (χ1n) is 6.51. The Labute approximate surface area is 118 Å². The van der Waals surface area contributed by atoms with Crippen LogP contribution < -0.4 is 4.74 Å². The molecule has 1 fully saturated rings. The molecular formula is C15H18FNO3. The number of aliphatic hydroxyl groups excluding tert-OH is 1. The molecule has 1 heterocycles. The molecule has 2 rings (SSSR count). The fourth-order valence-electron chi connectivity index (χ4n) is 1.98. The minimum atomic E-state index is -0.427. The van der Waals surface area contributed by atoms with Crippen LogP contribution in [0.2, 0.25) is 0 Å². The minimum absolute atomic E-state index is 0.0552. The Hall–Kier alpha value is -1.61. The first-order chi connectivity index (χ1) is 9.69. The van der Waals surface area contributed by atoms with E-state index in [4.69, 9.17) is 14.6 Å². The Balaban J connectivity index is 1.97. The molecule has 20 heavy (non-hydrogen) atoms. The van der Waals surface area contributed by atoms with Gasteiger partial charge in [-0.05, 0) is 25.2 Å². The first kappa shape index (κ1) is 14.8. The van der Waals surface area contributed by atoms with Crippen LogP contribution in [-0.2, 0) is 4.74 Å². The van der Waals surface area contributed by atoms with Crippen LogP contribution in [0.1, 0.15) is 5.56 Å². The summed E-state index contributed by atoms with van der Waals surface area (Å²) in [4.78, 5) is 2.15. The van der Waals surface area contributed by atoms with E-state index in [9.17, 15) is 4.39 Å². The molecule has 0 aliphatic carbocycles. The van der Waals surface area contributed by atoms with Gasteiger partial charge in [-0.1, -0.05) is 11.8 Å². The average molecular weight is 279 g/mol. The number of halogens is 1. The van der Waals surface area contributed by atoms with Crippen molar-refractivity contribution in [1.82, 2.24) is 4.90 Å². The van der Waals surface area contributed by atoms with E-state index in [1.54, 1.807) is 6.07 Å². The molecule has 4 nitrogen and oxygen atoms in total. The summed E-state index contributed by atoms with van der Waals surface area (Å²) in [6, 6.07) is 4.39. The lowest BCUT2D eigenvalue weighted by molar-refractivity contribution is -0.0408. The number of hydrogen-bond donors (Lipinski definition) is 1. The molecule has 0 saturated carbocycles. The molecule has 0 radical (unpaired) electrons. The van der Waals surface area contributed by atoms with Gasteiger partial charge in [-0.15, -0.1) is 0 Å². The number of hydrogen-bond acceptors (Lipinski definition) is 4. The second-order valence-electron chi connectivity index (χ2n) is 4.67. The quantitative estimate of drug-likeness (QED) is 0.834. The predicted molar refractivity (Wildman–Crippen MR) is 73.1 cm³/mol. The number of rotatable bonds is 3. The molecule has 0 amide bonds. The van der Waals surface area contributed by atoms with Gasteiger partial charge in [-0.3, -0.25) is 0 Å². The highest BCUT2D eigenvalue weighted by Crippen LogP contribution is 2.19. The number of morpholine rings is 1. The van der Waals surface area contributed by atoms with Gasteiger partial charge in [0.05, 0.1) is 6.61 Å². The van der Waals surface area contributed by atoms with Crippen molar-refractivity contribution < 1.29 is 19.0 Å². The minimum Gasteiger partial charge on any atom is -0.488 e. The van der Waals surface area contributed by atoms with E-state index in [-0.39, 0.29) is 18.5 Å². The van der Waals surface area contributed by atoms with Crippen molar-refractivity contribution in [3.8, 4) is 17.6 Å². The molecule has 1 aromatic carbocycles. The SMILES string of the molecule is CN1CCOC(COc2cc(C#CCO)ccc2F)C1. The number of aliphatic hydroxyl groups is 1. The summed E-state index contributed by atoms with van der Waals surface area (Å²) in [7, 11) is 2.02. The molecule has 1 N–H and O–H groups in total. The van der Waals surface area contributed by atoms with Gasteiger partial charge in [0.15, 0.2) is 11.6 Å². The lowest BCUT2D eigenvalue weighted by Gasteiger charge is -2.29. The molecule has 1 aliphatic heterocycles. The Morgan fingerprint density at radius 1 is 1.55 bits per heavy atom. The van der Waals surface area contributed by atoms with Crippen molar-refractivity contribution >= 4 is 0 Å². The van der Waals surface area contributed by atoms with Crippen LogP contribution in [0.4, 0.5) is 4.39 Å². The summed E-state index contributed by atoms with van der Waals surface area (Å²) in [5.41, 5.74) is 0.608. The maximum absolute atomic E-state index is 13.6. The Morgan fingerprint density at radius 2 is 2.40 bits per heavy atom. The molecule has 0 aromatic heterocycles. The van der Waals surface area contributed by atoms with Crippen molar-refractivity contribution in [2.24, 2.45) is 0 Å². The molecule has 1 aromatic rings. The summed E-state index contributed by atoms with van der Waals surface area (Å²) < 4.78 is 24.7. The van der Waals surface area contributed by atoms with Gasteiger partial charge in [0.25, 0.3) is 0 Å². The zero-order chi connectivity index (χ0) is 14.4. The molecule has 0 bridgehead atoms. The monoisotopic (exact) mass is 279 g/mol. The lowest BCUT2D eigenvalue weighted by atomic mass is 10.2. The van der Waals surface area contributed by atoms with Gasteiger partial charge < -0.3 is 19.5 Å². The van der Waals surface area contributed by atoms with Gasteiger partial charge in [-0.25, -0.2) is 4.39 Å². The van der Waals surface area contributed by atoms with E-state index in [2.05, 4.69) is 16.7 Å². The van der Waals surface area contributed by atoms with Crippen molar-refractivity contribution in [2.45, 2.75) is 6.10 Å². The average Bonchev–Trinajstić information content (AvgIpc) is 2.45. The Kier molecular flexibility index (Phi) is 5.36. The molecule has 1 unspecified atom stereocenters. The smallest absolute Gasteiger partial charge is 0.165 e. The molecule has 1 aliphatic rings. The van der Waals surface area contributed by atoms with Crippen LogP contribution in [0.5, 0.6) is 5.75 Å². The van der Waals surface area contributed by atoms with Crippen molar-refractivity contribution in [3.63, 3.8) is 0 Å². The fourth-order valence-corrected chi connectivity index (χ4v) is 1.98. The van der Waals surface area contributed by atoms with Gasteiger partial charge in [0.1, 0.15) is 19.3 Å². The summed E-state index contributed by atoms with van der Waals surface area (Å²) in [5, 5.41) is 8.65. The molecule has 108 valence electrons. The van der Waals surface area contributed by atoms with Gasteiger partial charge in [0, 0.05) is 18.7 Å². The molecular weight excluding hydrogens is 261 g/mol. The molecule has 1 saturated heterocycles. The predicted octanol–water partition coefficient (Wildman–Crippen LogP) is 0.879. The molecule has 5 heteroatoms. The third-order valence-corrected chi connectivity index (χ3v) is 3.01. The topological polar surface area (TPSA) is 41.9 Å². The van der Waals surface area contributed by atoms with Crippen molar-refractivity contribution in [1.29, 1.82) is 0 Å². The van der Waals surface area contributed by atoms with Gasteiger partial charge >= 0.3 is 0 Å². The highest BCUT2D eigenvalue weighted by molar-refractivity contribution is 5.40. The third-order valence-electron chi connectivity index (χ3n) is 3.01. The number of benzene rings is 1. The third kappa shape index (κ3) is 4.20. The summed E-state index contributed by atoms with van der Waals surface area (Å²) in [5.74, 6) is 4.97. The number of nitrogens with zero attached hydrogens (tertiary/aromatic N) is 1. The summed E-state index contributed by atoms with van der Waals surface area (Å²) >= 11 is 0. The van der Waals surface area contributed by atoms with Gasteiger partial charge in [-0.2, -0.15) is 0 Å². The molecule has 1 atom stereocenters. The van der Waals surface area contributed by atoms with E-state index in [1.807, 2.05) is 7.05 Å². The maximum atomic E-state index is 13.6. The van der Waals surface area contributed by atoms with Crippen molar-refractivity contribution in [2.75, 3.05) is 40.0 Å². The van der Waals surface area contributed by atoms with Crippen molar-refractivity contribution in [3.05, 3.63) is 29.6 Å². The highest BCUT2D eigenvalue weighted by Gasteiger charge is 2.18. The van der Waals surface area contributed by atoms with Crippen LogP contribution in [0.3, 0.4) is 0 Å². The fraction of sp³-hybridized carbons (Fsp3) is 0.467. The van der Waals surface area contributed by atoms with Crippen LogP contribution in [-0.4, -0.2) is 56.1 Å². The zero-order valence-electron chi connectivity index (χ0n) is 11.4. The summed E-state index contributed by atoms with van der Waals surface area (Å²) in [6.45, 7) is 2.41. The standard InChI is InChI=1S/C15H18FNO3/c1-17-6-8-19-13(10-17)11-20-15-9-12(3-2-7-18)4-5-14(15)16/h4-5,9,13,18H,6-8,10-11H2,1H3. The molecule has 0 spiro atoms. The highest BCUT2D eigenvalue weighted by atomic mass is 19.1. The second-order valence-corrected chi connectivity index (χ2v) is 4.67. The normalized spacial score (nSPS) is 19.2. The van der Waals surface area contributed by atoms with E-state index in [0.717, 1.165) is 13.1 Å². The number of likely N-dealkylation sites (N-methyl/N-ethyl adjacent to an activating group) is 1. The van der Waals surface area contributed by atoms with E-state index in [1.165, 1.54) is 12.1 Å². The zero-order valence-corrected chi connectivity index (χ0v) is 11.4.